The lowest BCUT2D eigenvalue weighted by molar-refractivity contribution is -0.134. The van der Waals surface area contributed by atoms with E-state index in [2.05, 4.69) is 34.1 Å². The highest BCUT2D eigenvalue weighted by Gasteiger charge is 2.33. The highest BCUT2D eigenvalue weighted by Crippen LogP contribution is 2.29. The number of carbonyl (C=O) groups is 1. The Hall–Kier alpha value is -2.13. The summed E-state index contributed by atoms with van der Waals surface area (Å²) in [5.74, 6) is 0.0565. The average molecular weight is 348 g/mol. The Kier molecular flexibility index (Phi) is 5.35. The maximum Gasteiger partial charge on any atom is 0.234 e. The van der Waals surface area contributed by atoms with Gasteiger partial charge in [-0.3, -0.25) is 9.69 Å². The first-order valence-electron chi connectivity index (χ1n) is 9.95. The lowest BCUT2D eigenvalue weighted by atomic mass is 9.89. The Balaban J connectivity index is 1.58. The van der Waals surface area contributed by atoms with Gasteiger partial charge in [0.1, 0.15) is 0 Å². The van der Waals surface area contributed by atoms with E-state index in [1.807, 2.05) is 36.4 Å². The van der Waals surface area contributed by atoms with Crippen LogP contribution in [0.1, 0.15) is 42.7 Å². The molecule has 1 amide bonds. The van der Waals surface area contributed by atoms with Crippen LogP contribution in [0.25, 0.3) is 0 Å². The molecule has 2 aromatic carbocycles. The average Bonchev–Trinajstić information content (AvgIpc) is 3.25. The van der Waals surface area contributed by atoms with Gasteiger partial charge in [0.2, 0.25) is 5.91 Å². The van der Waals surface area contributed by atoms with Gasteiger partial charge < -0.3 is 4.90 Å². The van der Waals surface area contributed by atoms with Gasteiger partial charge in [-0.15, -0.1) is 0 Å². The van der Waals surface area contributed by atoms with Gasteiger partial charge in [0.25, 0.3) is 0 Å². The zero-order chi connectivity index (χ0) is 17.8. The van der Waals surface area contributed by atoms with E-state index >= 15 is 0 Å². The molecule has 0 radical (unpaired) electrons. The molecule has 2 aliphatic rings. The molecule has 2 heterocycles. The van der Waals surface area contributed by atoms with Crippen molar-refractivity contribution in [1.29, 1.82) is 0 Å². The number of likely N-dealkylation sites (tertiary alicyclic amines) is 2. The monoisotopic (exact) mass is 348 g/mol. The summed E-state index contributed by atoms with van der Waals surface area (Å²) in [6.45, 7) is 4.18. The van der Waals surface area contributed by atoms with Gasteiger partial charge >= 0.3 is 0 Å². The molecular formula is C23H28N2O. The van der Waals surface area contributed by atoms with Crippen molar-refractivity contribution in [2.24, 2.45) is 0 Å². The second-order valence-corrected chi connectivity index (χ2v) is 7.58. The van der Waals surface area contributed by atoms with Crippen molar-refractivity contribution in [3.05, 3.63) is 71.8 Å². The second-order valence-electron chi connectivity index (χ2n) is 7.58. The molecule has 0 spiro atoms. The highest BCUT2D eigenvalue weighted by molar-refractivity contribution is 5.87. The van der Waals surface area contributed by atoms with E-state index in [1.54, 1.807) is 0 Å². The molecule has 0 saturated carbocycles. The molecule has 0 aliphatic carbocycles. The van der Waals surface area contributed by atoms with Crippen LogP contribution in [0.5, 0.6) is 0 Å². The minimum Gasteiger partial charge on any atom is -0.340 e. The minimum atomic E-state index is -0.199. The predicted molar refractivity (Wildman–Crippen MR) is 105 cm³/mol. The number of hydrogen-bond donors (Lipinski definition) is 0. The molecular weight excluding hydrogens is 320 g/mol. The number of carbonyl (C=O) groups excluding carboxylic acids is 1. The first-order valence-corrected chi connectivity index (χ1v) is 9.95. The van der Waals surface area contributed by atoms with E-state index in [-0.39, 0.29) is 11.8 Å². The van der Waals surface area contributed by atoms with Crippen molar-refractivity contribution >= 4 is 5.91 Å². The molecule has 0 aromatic heterocycles. The van der Waals surface area contributed by atoms with Crippen molar-refractivity contribution in [2.75, 3.05) is 26.2 Å². The molecule has 136 valence electrons. The van der Waals surface area contributed by atoms with Crippen LogP contribution in [0.4, 0.5) is 0 Å². The highest BCUT2D eigenvalue weighted by atomic mass is 16.2. The topological polar surface area (TPSA) is 23.6 Å². The second kappa shape index (κ2) is 8.05. The third kappa shape index (κ3) is 3.68. The fraction of sp³-hybridized carbons (Fsp3) is 0.435. The SMILES string of the molecule is O=C(C(c1ccccc1)c1ccccc1)N1CCCC(N2CCCC2)C1. The normalized spacial score (nSPS) is 21.3. The predicted octanol–water partition coefficient (Wildman–Crippen LogP) is 3.91. The molecule has 1 atom stereocenters. The quantitative estimate of drug-likeness (QED) is 0.836. The number of benzene rings is 2. The molecule has 3 heteroatoms. The van der Waals surface area contributed by atoms with E-state index in [0.717, 1.165) is 30.6 Å². The number of piperidine rings is 1. The molecule has 0 bridgehead atoms. The molecule has 0 N–H and O–H groups in total. The standard InChI is InChI=1S/C23H28N2O/c26-23(25-17-9-14-21(18-25)24-15-7-8-16-24)22(19-10-3-1-4-11-19)20-12-5-2-6-13-20/h1-6,10-13,21-22H,7-9,14-18H2. The van der Waals surface area contributed by atoms with Crippen LogP contribution in [0, 0.1) is 0 Å². The number of hydrogen-bond acceptors (Lipinski definition) is 2. The molecule has 2 aliphatic heterocycles. The molecule has 3 nitrogen and oxygen atoms in total. The lowest BCUT2D eigenvalue weighted by Crippen LogP contribution is -2.50. The van der Waals surface area contributed by atoms with Crippen LogP contribution in [0.3, 0.4) is 0 Å². The van der Waals surface area contributed by atoms with Crippen LogP contribution in [-0.2, 0) is 4.79 Å². The summed E-state index contributed by atoms with van der Waals surface area (Å²) in [6, 6.07) is 21.0. The summed E-state index contributed by atoms with van der Waals surface area (Å²) < 4.78 is 0. The van der Waals surface area contributed by atoms with Crippen LogP contribution in [-0.4, -0.2) is 47.9 Å². The third-order valence-electron chi connectivity index (χ3n) is 5.88. The minimum absolute atomic E-state index is 0.199. The first-order chi connectivity index (χ1) is 12.8. The first kappa shape index (κ1) is 17.3. The van der Waals surface area contributed by atoms with E-state index in [4.69, 9.17) is 0 Å². The van der Waals surface area contributed by atoms with E-state index < -0.39 is 0 Å². The van der Waals surface area contributed by atoms with Gasteiger partial charge in [0.15, 0.2) is 0 Å². The fourth-order valence-corrected chi connectivity index (χ4v) is 4.51. The van der Waals surface area contributed by atoms with Gasteiger partial charge in [-0.05, 0) is 49.9 Å². The van der Waals surface area contributed by atoms with Crippen molar-refractivity contribution in [1.82, 2.24) is 9.80 Å². The summed E-state index contributed by atoms with van der Waals surface area (Å²) in [5.41, 5.74) is 2.18. The largest absolute Gasteiger partial charge is 0.340 e. The Morgan fingerprint density at radius 1 is 0.808 bits per heavy atom. The van der Waals surface area contributed by atoms with Gasteiger partial charge in [0.05, 0.1) is 5.92 Å². The van der Waals surface area contributed by atoms with E-state index in [1.165, 1.54) is 32.4 Å². The molecule has 4 rings (SSSR count). The van der Waals surface area contributed by atoms with Crippen molar-refractivity contribution < 1.29 is 4.79 Å². The number of rotatable bonds is 4. The fourth-order valence-electron chi connectivity index (χ4n) is 4.51. The van der Waals surface area contributed by atoms with E-state index in [0.29, 0.717) is 6.04 Å². The Morgan fingerprint density at radius 3 is 1.96 bits per heavy atom. The maximum absolute atomic E-state index is 13.6. The van der Waals surface area contributed by atoms with Crippen LogP contribution < -0.4 is 0 Å². The third-order valence-corrected chi connectivity index (χ3v) is 5.88. The zero-order valence-corrected chi connectivity index (χ0v) is 15.4. The van der Waals surface area contributed by atoms with Crippen LogP contribution in [0.15, 0.2) is 60.7 Å². The molecule has 2 fully saturated rings. The molecule has 1 unspecified atom stereocenters. The van der Waals surface area contributed by atoms with Crippen molar-refractivity contribution in [3.8, 4) is 0 Å². The summed E-state index contributed by atoms with van der Waals surface area (Å²) >= 11 is 0. The van der Waals surface area contributed by atoms with Gasteiger partial charge in [-0.2, -0.15) is 0 Å². The molecule has 2 aromatic rings. The van der Waals surface area contributed by atoms with Crippen molar-refractivity contribution in [3.63, 3.8) is 0 Å². The Morgan fingerprint density at radius 2 is 1.38 bits per heavy atom. The molecule has 2 saturated heterocycles. The Bertz CT molecular complexity index is 670. The van der Waals surface area contributed by atoms with Gasteiger partial charge in [0, 0.05) is 19.1 Å². The molecule has 26 heavy (non-hydrogen) atoms. The summed E-state index contributed by atoms with van der Waals surface area (Å²) in [4.78, 5) is 18.3. The lowest BCUT2D eigenvalue weighted by Gasteiger charge is -2.39. The maximum atomic E-state index is 13.6. The number of amides is 1. The smallest absolute Gasteiger partial charge is 0.234 e. The van der Waals surface area contributed by atoms with Gasteiger partial charge in [-0.25, -0.2) is 0 Å². The zero-order valence-electron chi connectivity index (χ0n) is 15.4. The van der Waals surface area contributed by atoms with Crippen LogP contribution >= 0.6 is 0 Å². The number of nitrogens with zero attached hydrogens (tertiary/aromatic N) is 2. The van der Waals surface area contributed by atoms with Crippen molar-refractivity contribution in [2.45, 2.75) is 37.6 Å². The summed E-state index contributed by atoms with van der Waals surface area (Å²) in [7, 11) is 0. The van der Waals surface area contributed by atoms with E-state index in [9.17, 15) is 4.79 Å². The summed E-state index contributed by atoms with van der Waals surface area (Å²) in [6.07, 6.45) is 4.95. The Labute approximate surface area is 156 Å². The van der Waals surface area contributed by atoms with Gasteiger partial charge in [-0.1, -0.05) is 60.7 Å². The summed E-state index contributed by atoms with van der Waals surface area (Å²) in [5, 5.41) is 0. The van der Waals surface area contributed by atoms with Crippen LogP contribution in [0.2, 0.25) is 0 Å².